The number of hydrogen-bond acceptors (Lipinski definition) is 7. The lowest BCUT2D eigenvalue weighted by atomic mass is 9.92. The number of nitrogens with zero attached hydrogens (tertiary/aromatic N) is 3. The number of aromatic nitrogens is 3. The first kappa shape index (κ1) is 18.1. The van der Waals surface area contributed by atoms with Crippen molar-refractivity contribution >= 4 is 28.9 Å². The molecular formula is C19H19N5O3S. The summed E-state index contributed by atoms with van der Waals surface area (Å²) in [5, 5.41) is 12.3. The van der Waals surface area contributed by atoms with Crippen molar-refractivity contribution in [2.24, 2.45) is 5.92 Å². The van der Waals surface area contributed by atoms with Gasteiger partial charge in [0.15, 0.2) is 0 Å². The highest BCUT2D eigenvalue weighted by atomic mass is 32.1. The summed E-state index contributed by atoms with van der Waals surface area (Å²) in [4.78, 5) is 18.5. The number of methoxy groups -OCH3 is 2. The topological polar surface area (TPSA) is 90.3 Å². The smallest absolute Gasteiger partial charge is 0.236 e. The van der Waals surface area contributed by atoms with Crippen molar-refractivity contribution in [1.29, 1.82) is 0 Å². The highest BCUT2D eigenvalue weighted by molar-refractivity contribution is 7.10. The summed E-state index contributed by atoms with van der Waals surface area (Å²) in [6, 6.07) is 8.81. The number of thiophene rings is 1. The van der Waals surface area contributed by atoms with E-state index in [2.05, 4.69) is 27.3 Å². The van der Waals surface area contributed by atoms with Crippen LogP contribution in [0.4, 0.5) is 11.6 Å². The van der Waals surface area contributed by atoms with Gasteiger partial charge < -0.3 is 20.1 Å². The Hall–Kier alpha value is -3.33. The number of hydrogen-bond donors (Lipinski definition) is 2. The first-order valence-electron chi connectivity index (χ1n) is 8.54. The van der Waals surface area contributed by atoms with Gasteiger partial charge in [-0.1, -0.05) is 12.6 Å². The van der Waals surface area contributed by atoms with Gasteiger partial charge in [-0.2, -0.15) is 10.1 Å². The molecule has 3 heterocycles. The van der Waals surface area contributed by atoms with Crippen LogP contribution in [0, 0.1) is 5.92 Å². The minimum absolute atomic E-state index is 0.233. The second kappa shape index (κ2) is 7.35. The van der Waals surface area contributed by atoms with E-state index in [1.807, 2.05) is 17.5 Å². The Kier molecular flexibility index (Phi) is 4.74. The lowest BCUT2D eigenvalue weighted by molar-refractivity contribution is -0.119. The summed E-state index contributed by atoms with van der Waals surface area (Å²) < 4.78 is 12.3. The monoisotopic (exact) mass is 397 g/mol. The van der Waals surface area contributed by atoms with Crippen molar-refractivity contribution in [2.45, 2.75) is 6.04 Å². The van der Waals surface area contributed by atoms with Gasteiger partial charge in [0.05, 0.1) is 19.9 Å². The van der Waals surface area contributed by atoms with Crippen LogP contribution in [0.2, 0.25) is 0 Å². The zero-order valence-electron chi connectivity index (χ0n) is 15.4. The molecule has 0 radical (unpaired) electrons. The van der Waals surface area contributed by atoms with Gasteiger partial charge in [0.2, 0.25) is 11.9 Å². The normalized spacial score (nSPS) is 18.1. The molecule has 1 aromatic carbocycles. The van der Waals surface area contributed by atoms with E-state index in [4.69, 9.17) is 9.47 Å². The van der Waals surface area contributed by atoms with Gasteiger partial charge in [-0.15, -0.1) is 11.3 Å². The molecule has 1 aliphatic rings. The summed E-state index contributed by atoms with van der Waals surface area (Å²) in [6.45, 7) is 4.07. The van der Waals surface area contributed by atoms with Gasteiger partial charge in [0, 0.05) is 16.6 Å². The van der Waals surface area contributed by atoms with Crippen LogP contribution >= 0.6 is 11.3 Å². The van der Waals surface area contributed by atoms with Crippen molar-refractivity contribution in [3.8, 4) is 11.5 Å². The van der Waals surface area contributed by atoms with Crippen molar-refractivity contribution in [2.75, 3.05) is 24.9 Å². The van der Waals surface area contributed by atoms with Crippen LogP contribution in [-0.2, 0) is 4.79 Å². The molecule has 0 bridgehead atoms. The molecule has 0 fully saturated rings. The summed E-state index contributed by atoms with van der Waals surface area (Å²) in [6.07, 6.45) is 1.46. The van der Waals surface area contributed by atoms with E-state index in [1.165, 1.54) is 6.33 Å². The molecule has 1 amide bonds. The predicted octanol–water partition coefficient (Wildman–Crippen LogP) is 3.14. The summed E-state index contributed by atoms with van der Waals surface area (Å²) in [7, 11) is 3.12. The van der Waals surface area contributed by atoms with Gasteiger partial charge in [-0.25, -0.2) is 4.68 Å². The van der Waals surface area contributed by atoms with E-state index in [0.717, 1.165) is 4.88 Å². The molecule has 144 valence electrons. The predicted molar refractivity (Wildman–Crippen MR) is 107 cm³/mol. The van der Waals surface area contributed by atoms with E-state index >= 15 is 0 Å². The third-order valence-corrected chi connectivity index (χ3v) is 5.52. The molecule has 0 unspecified atom stereocenters. The van der Waals surface area contributed by atoms with Gasteiger partial charge >= 0.3 is 0 Å². The van der Waals surface area contributed by atoms with E-state index in [1.54, 1.807) is 48.4 Å². The number of carbonyl (C=O) groups excluding carboxylic acids is 1. The van der Waals surface area contributed by atoms with Crippen LogP contribution < -0.4 is 20.1 Å². The molecule has 3 aromatic rings. The maximum atomic E-state index is 13.3. The largest absolute Gasteiger partial charge is 0.497 e. The molecule has 0 saturated heterocycles. The van der Waals surface area contributed by atoms with Gasteiger partial charge in [-0.05, 0) is 23.6 Å². The Labute approximate surface area is 165 Å². The number of rotatable bonds is 5. The lowest BCUT2D eigenvalue weighted by Crippen LogP contribution is -2.39. The van der Waals surface area contributed by atoms with Crippen LogP contribution in [0.15, 0.2) is 54.3 Å². The molecule has 9 heteroatoms. The van der Waals surface area contributed by atoms with Gasteiger partial charge in [-0.3, -0.25) is 4.79 Å². The third-order valence-electron chi connectivity index (χ3n) is 4.58. The average Bonchev–Trinajstić information content (AvgIpc) is 3.38. The highest BCUT2D eigenvalue weighted by Crippen LogP contribution is 2.40. The molecule has 0 aliphatic carbocycles. The maximum Gasteiger partial charge on any atom is 0.236 e. The summed E-state index contributed by atoms with van der Waals surface area (Å²) in [5.74, 6) is 0.890. The Morgan fingerprint density at radius 1 is 1.32 bits per heavy atom. The number of amides is 1. The van der Waals surface area contributed by atoms with Crippen molar-refractivity contribution in [1.82, 2.24) is 14.8 Å². The quantitative estimate of drug-likeness (QED) is 0.687. The first-order valence-corrected chi connectivity index (χ1v) is 9.42. The molecule has 0 spiro atoms. The molecule has 2 aromatic heterocycles. The SMILES string of the molecule is C=C1Nc2ncnn2[C@@H](c2cccs2)[C@@H]1C(=O)Nc1cc(OC)ccc1OC. The van der Waals surface area contributed by atoms with E-state index < -0.39 is 5.92 Å². The Balaban J connectivity index is 1.71. The lowest BCUT2D eigenvalue weighted by Gasteiger charge is -2.33. The van der Waals surface area contributed by atoms with Crippen LogP contribution in [0.25, 0.3) is 0 Å². The zero-order chi connectivity index (χ0) is 19.7. The van der Waals surface area contributed by atoms with Crippen molar-refractivity contribution in [3.05, 3.63) is 59.2 Å². The highest BCUT2D eigenvalue weighted by Gasteiger charge is 2.40. The molecule has 8 nitrogen and oxygen atoms in total. The molecular weight excluding hydrogens is 378 g/mol. The summed E-state index contributed by atoms with van der Waals surface area (Å²) in [5.41, 5.74) is 1.08. The number of fused-ring (bicyclic) bond motifs is 1. The summed E-state index contributed by atoms with van der Waals surface area (Å²) >= 11 is 1.56. The Morgan fingerprint density at radius 3 is 2.89 bits per heavy atom. The minimum Gasteiger partial charge on any atom is -0.497 e. The molecule has 0 saturated carbocycles. The van der Waals surface area contributed by atoms with E-state index in [0.29, 0.717) is 28.8 Å². The van der Waals surface area contributed by atoms with Crippen LogP contribution in [0.1, 0.15) is 10.9 Å². The second-order valence-corrected chi connectivity index (χ2v) is 7.15. The number of nitrogens with one attached hydrogen (secondary N) is 2. The zero-order valence-corrected chi connectivity index (χ0v) is 16.2. The maximum absolute atomic E-state index is 13.3. The molecule has 2 atom stereocenters. The van der Waals surface area contributed by atoms with Crippen LogP contribution in [-0.4, -0.2) is 34.9 Å². The van der Waals surface area contributed by atoms with E-state index in [9.17, 15) is 4.79 Å². The van der Waals surface area contributed by atoms with E-state index in [-0.39, 0.29) is 11.9 Å². The van der Waals surface area contributed by atoms with Crippen LogP contribution in [0.5, 0.6) is 11.5 Å². The standard InChI is InChI=1S/C19H19N5O3S/c1-11-16(18(25)23-13-9-12(26-2)6-7-14(13)27-3)17(15-5-4-8-28-15)24-19(22-11)20-10-21-24/h4-10,16-17H,1H2,2-3H3,(H,23,25)(H,20,21,22)/t16-,17+/m1/s1. The second-order valence-electron chi connectivity index (χ2n) is 6.17. The number of benzene rings is 1. The van der Waals surface area contributed by atoms with Gasteiger partial charge in [0.1, 0.15) is 29.8 Å². The fraction of sp³-hybridized carbons (Fsp3) is 0.211. The van der Waals surface area contributed by atoms with Crippen molar-refractivity contribution < 1.29 is 14.3 Å². The molecule has 2 N–H and O–H groups in total. The number of anilines is 2. The van der Waals surface area contributed by atoms with Crippen molar-refractivity contribution in [3.63, 3.8) is 0 Å². The molecule has 4 rings (SSSR count). The average molecular weight is 397 g/mol. The first-order chi connectivity index (χ1) is 13.6. The van der Waals surface area contributed by atoms with Crippen LogP contribution in [0.3, 0.4) is 0 Å². The number of ether oxygens (including phenoxy) is 2. The number of carbonyl (C=O) groups is 1. The van der Waals surface area contributed by atoms with Gasteiger partial charge in [0.25, 0.3) is 0 Å². The molecule has 1 aliphatic heterocycles. The fourth-order valence-corrected chi connectivity index (χ4v) is 4.11. The Bertz CT molecular complexity index is 1010. The third kappa shape index (κ3) is 3.09. The Morgan fingerprint density at radius 2 is 2.18 bits per heavy atom. The molecule has 28 heavy (non-hydrogen) atoms. The fourth-order valence-electron chi connectivity index (χ4n) is 3.26. The minimum atomic E-state index is -0.594.